The Balaban J connectivity index is 2.07. The van der Waals surface area contributed by atoms with E-state index in [9.17, 15) is 18.0 Å². The predicted molar refractivity (Wildman–Crippen MR) is 161 cm³/mol. The maximum atomic E-state index is 14.2. The summed E-state index contributed by atoms with van der Waals surface area (Å²) in [4.78, 5) is 29.0. The van der Waals surface area contributed by atoms with Crippen molar-refractivity contribution in [2.24, 2.45) is 0 Å². The standard InChI is InChI=1S/C31H38ClN3O4S/c1-5-7-19-33-31(37)28(6-2)34(21-25-14-12-11-13-23(25)3)30(36)22-35(29-20-26(32)18-17-24(29)4)40(38,39)27-15-9-8-10-16-27/h8-18,20,28H,5-7,19,21-22H2,1-4H3,(H,33,37)/t28-/m1/s1. The average molecular weight is 584 g/mol. The lowest BCUT2D eigenvalue weighted by Crippen LogP contribution is -2.52. The van der Waals surface area contributed by atoms with Crippen LogP contribution in [0.2, 0.25) is 5.02 Å². The second kappa shape index (κ2) is 14.3. The Bertz CT molecular complexity index is 1410. The van der Waals surface area contributed by atoms with E-state index in [4.69, 9.17) is 11.6 Å². The monoisotopic (exact) mass is 583 g/mol. The van der Waals surface area contributed by atoms with Gasteiger partial charge >= 0.3 is 0 Å². The number of carbonyl (C=O) groups is 2. The van der Waals surface area contributed by atoms with Crippen molar-refractivity contribution in [3.63, 3.8) is 0 Å². The Morgan fingerprint density at radius 2 is 1.60 bits per heavy atom. The molecule has 0 aliphatic heterocycles. The van der Waals surface area contributed by atoms with Crippen molar-refractivity contribution in [2.75, 3.05) is 17.4 Å². The van der Waals surface area contributed by atoms with Crippen LogP contribution in [0.15, 0.2) is 77.7 Å². The van der Waals surface area contributed by atoms with Gasteiger partial charge in [-0.25, -0.2) is 8.42 Å². The highest BCUT2D eigenvalue weighted by atomic mass is 35.5. The van der Waals surface area contributed by atoms with Gasteiger partial charge in [0.2, 0.25) is 11.8 Å². The molecule has 214 valence electrons. The van der Waals surface area contributed by atoms with Gasteiger partial charge in [-0.1, -0.05) is 80.4 Å². The molecule has 0 aliphatic carbocycles. The van der Waals surface area contributed by atoms with E-state index in [0.717, 1.165) is 28.3 Å². The van der Waals surface area contributed by atoms with Crippen LogP contribution in [0.1, 0.15) is 49.8 Å². The molecule has 0 bridgehead atoms. The first kappa shape index (κ1) is 31.2. The van der Waals surface area contributed by atoms with Crippen molar-refractivity contribution < 1.29 is 18.0 Å². The molecule has 3 aromatic rings. The average Bonchev–Trinajstić information content (AvgIpc) is 2.94. The first-order chi connectivity index (χ1) is 19.1. The molecule has 0 spiro atoms. The topological polar surface area (TPSA) is 86.8 Å². The smallest absolute Gasteiger partial charge is 0.264 e. The number of carbonyl (C=O) groups excluding carboxylic acids is 2. The number of hydrogen-bond donors (Lipinski definition) is 1. The molecule has 0 aromatic heterocycles. The van der Waals surface area contributed by atoms with Crippen LogP contribution in [-0.4, -0.2) is 44.3 Å². The zero-order valence-corrected chi connectivity index (χ0v) is 25.1. The summed E-state index contributed by atoms with van der Waals surface area (Å²) in [5.41, 5.74) is 2.81. The summed E-state index contributed by atoms with van der Waals surface area (Å²) in [7, 11) is -4.15. The number of sulfonamides is 1. The van der Waals surface area contributed by atoms with Gasteiger partial charge in [-0.3, -0.25) is 13.9 Å². The van der Waals surface area contributed by atoms with Crippen molar-refractivity contribution in [3.05, 3.63) is 94.5 Å². The molecule has 1 N–H and O–H groups in total. The zero-order chi connectivity index (χ0) is 29.3. The molecule has 3 rings (SSSR count). The van der Waals surface area contributed by atoms with Crippen LogP contribution in [0.5, 0.6) is 0 Å². The largest absolute Gasteiger partial charge is 0.354 e. The van der Waals surface area contributed by atoms with Gasteiger partial charge < -0.3 is 10.2 Å². The fraction of sp³-hybridized carbons (Fsp3) is 0.355. The van der Waals surface area contributed by atoms with E-state index in [1.54, 1.807) is 43.3 Å². The lowest BCUT2D eigenvalue weighted by atomic mass is 10.1. The van der Waals surface area contributed by atoms with Crippen molar-refractivity contribution in [1.82, 2.24) is 10.2 Å². The van der Waals surface area contributed by atoms with Gasteiger partial charge in [0.05, 0.1) is 10.6 Å². The van der Waals surface area contributed by atoms with Crippen molar-refractivity contribution >= 4 is 39.1 Å². The molecule has 3 aromatic carbocycles. The molecular formula is C31H38ClN3O4S. The van der Waals surface area contributed by atoms with Gasteiger partial charge in [-0.05, 0) is 67.6 Å². The zero-order valence-electron chi connectivity index (χ0n) is 23.6. The summed E-state index contributed by atoms with van der Waals surface area (Å²) in [6.07, 6.45) is 2.12. The number of anilines is 1. The highest BCUT2D eigenvalue weighted by Crippen LogP contribution is 2.30. The van der Waals surface area contributed by atoms with Gasteiger partial charge in [-0.15, -0.1) is 0 Å². The highest BCUT2D eigenvalue weighted by molar-refractivity contribution is 7.92. The SMILES string of the molecule is CCCCNC(=O)[C@@H](CC)N(Cc1ccccc1C)C(=O)CN(c1cc(Cl)ccc1C)S(=O)(=O)c1ccccc1. The Hall–Kier alpha value is -3.36. The van der Waals surface area contributed by atoms with Crippen molar-refractivity contribution in [3.8, 4) is 0 Å². The molecule has 9 heteroatoms. The number of unbranched alkanes of at least 4 members (excludes halogenated alkanes) is 1. The van der Waals surface area contributed by atoms with Crippen LogP contribution in [0, 0.1) is 13.8 Å². The minimum atomic E-state index is -4.15. The van der Waals surface area contributed by atoms with Crippen LogP contribution >= 0.6 is 11.6 Å². The quantitative estimate of drug-likeness (QED) is 0.255. The molecule has 0 heterocycles. The lowest BCUT2D eigenvalue weighted by Gasteiger charge is -2.34. The van der Waals surface area contributed by atoms with E-state index < -0.39 is 28.5 Å². The van der Waals surface area contributed by atoms with Crippen LogP contribution < -0.4 is 9.62 Å². The molecule has 40 heavy (non-hydrogen) atoms. The van der Waals surface area contributed by atoms with Gasteiger partial charge in [0.15, 0.2) is 0 Å². The minimum Gasteiger partial charge on any atom is -0.354 e. The summed E-state index contributed by atoms with van der Waals surface area (Å²) in [6, 6.07) is 19.8. The molecule has 1 atom stereocenters. The number of nitrogens with one attached hydrogen (secondary N) is 1. The van der Waals surface area contributed by atoms with E-state index in [2.05, 4.69) is 5.32 Å². The van der Waals surface area contributed by atoms with Gasteiger partial charge in [0, 0.05) is 18.1 Å². The van der Waals surface area contributed by atoms with E-state index in [1.165, 1.54) is 17.0 Å². The fourth-order valence-electron chi connectivity index (χ4n) is 4.48. The number of nitrogens with zero attached hydrogens (tertiary/aromatic N) is 2. The van der Waals surface area contributed by atoms with Gasteiger partial charge in [0.1, 0.15) is 12.6 Å². The minimum absolute atomic E-state index is 0.0528. The summed E-state index contributed by atoms with van der Waals surface area (Å²) in [5.74, 6) is -0.742. The first-order valence-electron chi connectivity index (χ1n) is 13.6. The van der Waals surface area contributed by atoms with E-state index in [-0.39, 0.29) is 17.3 Å². The second-order valence-electron chi connectivity index (χ2n) is 9.77. The molecule has 0 saturated heterocycles. The van der Waals surface area contributed by atoms with Crippen molar-refractivity contribution in [2.45, 2.75) is 64.4 Å². The fourth-order valence-corrected chi connectivity index (χ4v) is 6.14. The Kier molecular flexibility index (Phi) is 11.2. The van der Waals surface area contributed by atoms with E-state index >= 15 is 0 Å². The number of hydrogen-bond acceptors (Lipinski definition) is 4. The third-order valence-electron chi connectivity index (χ3n) is 6.87. The summed E-state index contributed by atoms with van der Waals surface area (Å²) < 4.78 is 29.0. The third kappa shape index (κ3) is 7.64. The van der Waals surface area contributed by atoms with Crippen LogP contribution in [0.25, 0.3) is 0 Å². The Morgan fingerprint density at radius 1 is 0.925 bits per heavy atom. The maximum Gasteiger partial charge on any atom is 0.264 e. The molecule has 0 saturated carbocycles. The number of benzene rings is 3. The van der Waals surface area contributed by atoms with Gasteiger partial charge in [0.25, 0.3) is 10.0 Å². The summed E-state index contributed by atoms with van der Waals surface area (Å²) in [5, 5.41) is 3.29. The van der Waals surface area contributed by atoms with E-state index in [0.29, 0.717) is 29.2 Å². The molecule has 0 fully saturated rings. The number of halogens is 1. The highest BCUT2D eigenvalue weighted by Gasteiger charge is 2.34. The van der Waals surface area contributed by atoms with E-state index in [1.807, 2.05) is 45.0 Å². The number of rotatable bonds is 13. The summed E-state index contributed by atoms with van der Waals surface area (Å²) >= 11 is 6.29. The second-order valence-corrected chi connectivity index (χ2v) is 12.1. The third-order valence-corrected chi connectivity index (χ3v) is 8.88. The van der Waals surface area contributed by atoms with Gasteiger partial charge in [-0.2, -0.15) is 0 Å². The maximum absolute atomic E-state index is 14.2. The van der Waals surface area contributed by atoms with Crippen LogP contribution in [0.4, 0.5) is 5.69 Å². The molecule has 0 radical (unpaired) electrons. The normalized spacial score (nSPS) is 12.0. The molecule has 7 nitrogen and oxygen atoms in total. The first-order valence-corrected chi connectivity index (χ1v) is 15.4. The number of amides is 2. The molecule has 0 unspecified atom stereocenters. The predicted octanol–water partition coefficient (Wildman–Crippen LogP) is 5.88. The Morgan fingerprint density at radius 3 is 2.25 bits per heavy atom. The summed E-state index contributed by atoms with van der Waals surface area (Å²) in [6.45, 7) is 7.78. The number of aryl methyl sites for hydroxylation is 2. The van der Waals surface area contributed by atoms with Crippen LogP contribution in [0.3, 0.4) is 0 Å². The Labute approximate surface area is 243 Å². The molecule has 2 amide bonds. The van der Waals surface area contributed by atoms with Crippen LogP contribution in [-0.2, 0) is 26.2 Å². The van der Waals surface area contributed by atoms with Crippen molar-refractivity contribution in [1.29, 1.82) is 0 Å². The lowest BCUT2D eigenvalue weighted by molar-refractivity contribution is -0.140. The molecular weight excluding hydrogens is 546 g/mol. The molecule has 0 aliphatic rings.